The number of benzene rings is 1. The second-order valence-corrected chi connectivity index (χ2v) is 6.82. The Morgan fingerprint density at radius 1 is 1.23 bits per heavy atom. The van der Waals surface area contributed by atoms with Gasteiger partial charge in [0.25, 0.3) is 5.91 Å². The maximum atomic E-state index is 12.1. The van der Waals surface area contributed by atoms with E-state index in [9.17, 15) is 9.59 Å². The van der Waals surface area contributed by atoms with Crippen LogP contribution in [0.15, 0.2) is 41.4 Å². The van der Waals surface area contributed by atoms with Gasteiger partial charge in [0.05, 0.1) is 5.52 Å². The third kappa shape index (κ3) is 2.66. The molecule has 0 atom stereocenters. The lowest BCUT2D eigenvalue weighted by atomic mass is 10.1. The lowest BCUT2D eigenvalue weighted by molar-refractivity contribution is -0.130. The fourth-order valence-electron chi connectivity index (χ4n) is 2.46. The zero-order chi connectivity index (χ0) is 15.7. The van der Waals surface area contributed by atoms with E-state index in [0.29, 0.717) is 12.3 Å². The largest absolute Gasteiger partial charge is 0.325 e. The SMILES string of the molecule is CC1(C)NC(=O)N(CCSc2ccnc3ccccc23)C1=O. The van der Waals surface area contributed by atoms with E-state index in [2.05, 4.69) is 10.3 Å². The van der Waals surface area contributed by atoms with Crippen molar-refractivity contribution in [3.63, 3.8) is 0 Å². The molecular formula is C16H17N3O2S. The van der Waals surface area contributed by atoms with Crippen molar-refractivity contribution in [2.24, 2.45) is 0 Å². The van der Waals surface area contributed by atoms with E-state index in [1.807, 2.05) is 30.3 Å². The highest BCUT2D eigenvalue weighted by Crippen LogP contribution is 2.27. The van der Waals surface area contributed by atoms with Crippen LogP contribution >= 0.6 is 11.8 Å². The molecule has 1 aliphatic rings. The van der Waals surface area contributed by atoms with Crippen LogP contribution in [0.25, 0.3) is 10.9 Å². The number of carbonyl (C=O) groups is 2. The van der Waals surface area contributed by atoms with E-state index < -0.39 is 5.54 Å². The lowest BCUT2D eigenvalue weighted by Gasteiger charge is -2.15. The third-order valence-electron chi connectivity index (χ3n) is 3.63. The Labute approximate surface area is 133 Å². The molecule has 6 heteroatoms. The number of aromatic nitrogens is 1. The van der Waals surface area contributed by atoms with E-state index in [0.717, 1.165) is 15.8 Å². The van der Waals surface area contributed by atoms with Gasteiger partial charge >= 0.3 is 6.03 Å². The minimum absolute atomic E-state index is 0.169. The van der Waals surface area contributed by atoms with Gasteiger partial charge in [-0.1, -0.05) is 18.2 Å². The van der Waals surface area contributed by atoms with Crippen LogP contribution in [0.2, 0.25) is 0 Å². The topological polar surface area (TPSA) is 62.3 Å². The van der Waals surface area contributed by atoms with Crippen LogP contribution in [0.4, 0.5) is 4.79 Å². The van der Waals surface area contributed by atoms with Gasteiger partial charge in [0.1, 0.15) is 5.54 Å². The summed E-state index contributed by atoms with van der Waals surface area (Å²) in [5.74, 6) is 0.487. The summed E-state index contributed by atoms with van der Waals surface area (Å²) in [6.07, 6.45) is 1.78. The number of urea groups is 1. The first kappa shape index (κ1) is 14.8. The summed E-state index contributed by atoms with van der Waals surface area (Å²) < 4.78 is 0. The monoisotopic (exact) mass is 315 g/mol. The average Bonchev–Trinajstić information content (AvgIpc) is 2.69. The summed E-state index contributed by atoms with van der Waals surface area (Å²) in [5, 5.41) is 3.78. The average molecular weight is 315 g/mol. The quantitative estimate of drug-likeness (QED) is 0.696. The Bertz CT molecular complexity index is 740. The fraction of sp³-hybridized carbons (Fsp3) is 0.312. The van der Waals surface area contributed by atoms with Crippen molar-refractivity contribution in [3.05, 3.63) is 36.5 Å². The molecule has 114 valence electrons. The maximum absolute atomic E-state index is 12.1. The van der Waals surface area contributed by atoms with Crippen molar-refractivity contribution in [2.45, 2.75) is 24.3 Å². The van der Waals surface area contributed by atoms with Crippen LogP contribution in [0.3, 0.4) is 0 Å². The molecule has 2 aromatic rings. The van der Waals surface area contributed by atoms with Crippen LogP contribution in [0, 0.1) is 0 Å². The van der Waals surface area contributed by atoms with Gasteiger partial charge in [-0.3, -0.25) is 14.7 Å². The molecular weight excluding hydrogens is 298 g/mol. The number of amides is 3. The molecule has 22 heavy (non-hydrogen) atoms. The predicted molar refractivity (Wildman–Crippen MR) is 86.8 cm³/mol. The highest BCUT2D eigenvalue weighted by molar-refractivity contribution is 7.99. The van der Waals surface area contributed by atoms with E-state index in [-0.39, 0.29) is 11.9 Å². The van der Waals surface area contributed by atoms with Gasteiger partial charge < -0.3 is 5.32 Å². The standard InChI is InChI=1S/C16H17N3O2S/c1-16(2)14(20)19(15(21)18-16)9-10-22-13-7-8-17-12-6-4-3-5-11(12)13/h3-8H,9-10H2,1-2H3,(H,18,21). The summed E-state index contributed by atoms with van der Waals surface area (Å²) in [5.41, 5.74) is 0.147. The second-order valence-electron chi connectivity index (χ2n) is 5.69. The van der Waals surface area contributed by atoms with Gasteiger partial charge in [-0.25, -0.2) is 4.79 Å². The number of para-hydroxylation sites is 1. The number of rotatable bonds is 4. The van der Waals surface area contributed by atoms with Gasteiger partial charge in [0.15, 0.2) is 0 Å². The molecule has 3 amide bonds. The first-order valence-corrected chi connectivity index (χ1v) is 8.08. The Morgan fingerprint density at radius 2 is 2.00 bits per heavy atom. The summed E-state index contributed by atoms with van der Waals surface area (Å²) in [4.78, 5) is 30.7. The molecule has 0 aliphatic carbocycles. The molecule has 0 spiro atoms. The molecule has 0 bridgehead atoms. The maximum Gasteiger partial charge on any atom is 0.325 e. The van der Waals surface area contributed by atoms with Crippen LogP contribution in [0.5, 0.6) is 0 Å². The number of imide groups is 1. The van der Waals surface area contributed by atoms with Gasteiger partial charge in [0.2, 0.25) is 0 Å². The molecule has 1 saturated heterocycles. The zero-order valence-corrected chi connectivity index (χ0v) is 13.3. The van der Waals surface area contributed by atoms with E-state index >= 15 is 0 Å². The lowest BCUT2D eigenvalue weighted by Crippen LogP contribution is -2.40. The molecule has 1 N–H and O–H groups in total. The van der Waals surface area contributed by atoms with E-state index in [1.54, 1.807) is 31.8 Å². The van der Waals surface area contributed by atoms with Gasteiger partial charge in [-0.2, -0.15) is 0 Å². The van der Waals surface area contributed by atoms with Crippen molar-refractivity contribution < 1.29 is 9.59 Å². The first-order valence-electron chi connectivity index (χ1n) is 7.10. The summed E-state index contributed by atoms with van der Waals surface area (Å²) in [6, 6.07) is 9.59. The van der Waals surface area contributed by atoms with Crippen molar-refractivity contribution in [1.29, 1.82) is 0 Å². The molecule has 1 aromatic heterocycles. The second kappa shape index (κ2) is 5.61. The predicted octanol–water partition coefficient (Wildman–Crippen LogP) is 2.66. The first-order chi connectivity index (χ1) is 10.5. The number of pyridine rings is 1. The van der Waals surface area contributed by atoms with E-state index in [4.69, 9.17) is 0 Å². The summed E-state index contributed by atoms with van der Waals surface area (Å²) in [6.45, 7) is 3.84. The highest BCUT2D eigenvalue weighted by Gasteiger charge is 2.43. The van der Waals surface area contributed by atoms with Gasteiger partial charge in [-0.15, -0.1) is 11.8 Å². The molecule has 0 unspecified atom stereocenters. The minimum Gasteiger partial charge on any atom is -0.324 e. The molecule has 0 radical (unpaired) electrons. The fourth-order valence-corrected chi connectivity index (χ4v) is 3.44. The number of carbonyl (C=O) groups excluding carboxylic acids is 2. The van der Waals surface area contributed by atoms with Crippen LogP contribution in [-0.2, 0) is 4.79 Å². The van der Waals surface area contributed by atoms with Crippen LogP contribution in [0.1, 0.15) is 13.8 Å². The number of nitrogens with zero attached hydrogens (tertiary/aromatic N) is 2. The van der Waals surface area contributed by atoms with Crippen molar-refractivity contribution in [2.75, 3.05) is 12.3 Å². The van der Waals surface area contributed by atoms with Crippen molar-refractivity contribution in [3.8, 4) is 0 Å². The summed E-state index contributed by atoms with van der Waals surface area (Å²) in [7, 11) is 0. The van der Waals surface area contributed by atoms with Crippen LogP contribution < -0.4 is 5.32 Å². The number of fused-ring (bicyclic) bond motifs is 1. The van der Waals surface area contributed by atoms with Crippen LogP contribution in [-0.4, -0.2) is 39.7 Å². The molecule has 3 rings (SSSR count). The Morgan fingerprint density at radius 3 is 2.73 bits per heavy atom. The number of hydrogen-bond acceptors (Lipinski definition) is 4. The zero-order valence-electron chi connectivity index (χ0n) is 12.5. The van der Waals surface area contributed by atoms with Gasteiger partial charge in [-0.05, 0) is 26.0 Å². The summed E-state index contributed by atoms with van der Waals surface area (Å²) >= 11 is 1.63. The Kier molecular flexibility index (Phi) is 3.78. The smallest absolute Gasteiger partial charge is 0.324 e. The number of hydrogen-bond donors (Lipinski definition) is 1. The van der Waals surface area contributed by atoms with Gasteiger partial charge in [0, 0.05) is 28.8 Å². The normalized spacial score (nSPS) is 17.1. The molecule has 1 fully saturated rings. The molecule has 5 nitrogen and oxygen atoms in total. The number of nitrogens with one attached hydrogen (secondary N) is 1. The number of thioether (sulfide) groups is 1. The Balaban J connectivity index is 1.68. The Hall–Kier alpha value is -2.08. The highest BCUT2D eigenvalue weighted by atomic mass is 32.2. The molecule has 1 aliphatic heterocycles. The molecule has 2 heterocycles. The third-order valence-corrected chi connectivity index (χ3v) is 4.68. The molecule has 0 saturated carbocycles. The van der Waals surface area contributed by atoms with Crippen molar-refractivity contribution in [1.82, 2.24) is 15.2 Å². The van der Waals surface area contributed by atoms with E-state index in [1.165, 1.54) is 4.90 Å². The van der Waals surface area contributed by atoms with Crippen molar-refractivity contribution >= 4 is 34.6 Å². The molecule has 1 aromatic carbocycles. The minimum atomic E-state index is -0.800.